The minimum atomic E-state index is -4.14. The van der Waals surface area contributed by atoms with E-state index in [0.29, 0.717) is 29.9 Å². The number of hydrogen-bond acceptors (Lipinski definition) is 7. The fraction of sp³-hybridized carbons (Fsp3) is 0.350. The molecule has 0 atom stereocenters. The Labute approximate surface area is 187 Å². The van der Waals surface area contributed by atoms with Crippen LogP contribution in [0.1, 0.15) is 36.8 Å². The van der Waals surface area contributed by atoms with Crippen molar-refractivity contribution < 1.29 is 21.8 Å². The molecule has 0 radical (unpaired) electrons. The third kappa shape index (κ3) is 5.43. The second-order valence-corrected chi connectivity index (χ2v) is 10.9. The number of sulfonamides is 2. The molecule has 12 heteroatoms. The van der Waals surface area contributed by atoms with Crippen LogP contribution in [0, 0.1) is 24.0 Å². The summed E-state index contributed by atoms with van der Waals surface area (Å²) in [6.07, 6.45) is 3.33. The Morgan fingerprint density at radius 2 is 1.62 bits per heavy atom. The average molecular weight is 481 g/mol. The summed E-state index contributed by atoms with van der Waals surface area (Å²) in [5.41, 5.74) is 0.644. The first-order chi connectivity index (χ1) is 15.0. The molecule has 2 aromatic rings. The highest BCUT2D eigenvalue weighted by atomic mass is 32.2. The first-order valence-electron chi connectivity index (χ1n) is 9.94. The summed E-state index contributed by atoms with van der Waals surface area (Å²) in [5.74, 6) is 0.420. The van der Waals surface area contributed by atoms with Crippen LogP contribution in [0.2, 0.25) is 0 Å². The molecule has 0 saturated heterocycles. The Balaban J connectivity index is 1.82. The highest BCUT2D eigenvalue weighted by Crippen LogP contribution is 2.27. The number of hydrogen-bond donors (Lipinski definition) is 2. The summed E-state index contributed by atoms with van der Waals surface area (Å²) >= 11 is 0. The summed E-state index contributed by atoms with van der Waals surface area (Å²) in [5, 5.41) is 11.1. The van der Waals surface area contributed by atoms with Crippen LogP contribution < -0.4 is 9.44 Å². The number of nitrogens with one attached hydrogen (secondary N) is 2. The Kier molecular flexibility index (Phi) is 6.84. The molecule has 0 spiro atoms. The van der Waals surface area contributed by atoms with E-state index in [1.165, 1.54) is 30.3 Å². The van der Waals surface area contributed by atoms with Crippen molar-refractivity contribution in [2.75, 3.05) is 11.3 Å². The number of benzene rings is 2. The van der Waals surface area contributed by atoms with Crippen molar-refractivity contribution in [2.45, 2.75) is 49.3 Å². The van der Waals surface area contributed by atoms with E-state index in [2.05, 4.69) is 14.4 Å². The minimum Gasteiger partial charge on any atom is -0.280 e. The molecular weight excluding hydrogens is 456 g/mol. The number of nitro benzene ring substituents is 1. The standard InChI is InChI=1S/C20H24N4O6S2/c1-14-12-17(24(25)26)13-19(15(14)2)32(29,30)22-16-7-9-18(10-8-16)31(27,28)23-20-6-4-3-5-11-21-20/h7-10,12-13,22H,3-6,11H2,1-2H3,(H,21,23). The lowest BCUT2D eigenvalue weighted by Gasteiger charge is -2.13. The molecule has 2 N–H and O–H groups in total. The fourth-order valence-corrected chi connectivity index (χ4v) is 5.76. The lowest BCUT2D eigenvalue weighted by Crippen LogP contribution is -2.30. The zero-order valence-electron chi connectivity index (χ0n) is 17.7. The van der Waals surface area contributed by atoms with Gasteiger partial charge in [0.1, 0.15) is 5.84 Å². The van der Waals surface area contributed by atoms with Gasteiger partial charge in [0.05, 0.1) is 14.7 Å². The van der Waals surface area contributed by atoms with E-state index in [9.17, 15) is 26.9 Å². The quantitative estimate of drug-likeness (QED) is 0.479. The topological polar surface area (TPSA) is 148 Å². The van der Waals surface area contributed by atoms with Crippen LogP contribution in [-0.4, -0.2) is 34.1 Å². The average Bonchev–Trinajstić information content (AvgIpc) is 2.98. The maximum absolute atomic E-state index is 12.8. The predicted molar refractivity (Wildman–Crippen MR) is 121 cm³/mol. The van der Waals surface area contributed by atoms with Crippen LogP contribution in [0.3, 0.4) is 0 Å². The van der Waals surface area contributed by atoms with Gasteiger partial charge in [0.25, 0.3) is 25.7 Å². The second-order valence-electron chi connectivity index (χ2n) is 7.52. The number of non-ortho nitro benzene ring substituents is 1. The summed E-state index contributed by atoms with van der Waals surface area (Å²) in [6, 6.07) is 7.51. The van der Waals surface area contributed by atoms with Gasteiger partial charge in [-0.05, 0) is 62.1 Å². The third-order valence-corrected chi connectivity index (χ3v) is 8.05. The lowest BCUT2D eigenvalue weighted by molar-refractivity contribution is -0.385. The van der Waals surface area contributed by atoms with Gasteiger partial charge in [-0.1, -0.05) is 6.42 Å². The van der Waals surface area contributed by atoms with E-state index in [0.717, 1.165) is 25.3 Å². The van der Waals surface area contributed by atoms with Crippen LogP contribution in [0.5, 0.6) is 0 Å². The summed E-state index contributed by atoms with van der Waals surface area (Å²) in [4.78, 5) is 14.5. The lowest BCUT2D eigenvalue weighted by atomic mass is 10.1. The molecule has 32 heavy (non-hydrogen) atoms. The highest BCUT2D eigenvalue weighted by molar-refractivity contribution is 7.92. The molecular formula is C20H24N4O6S2. The zero-order valence-corrected chi connectivity index (χ0v) is 19.3. The van der Waals surface area contributed by atoms with Gasteiger partial charge in [-0.25, -0.2) is 16.8 Å². The molecule has 1 aliphatic heterocycles. The molecule has 0 aromatic heterocycles. The van der Waals surface area contributed by atoms with Gasteiger partial charge in [-0.3, -0.25) is 24.6 Å². The normalized spacial score (nSPS) is 14.9. The van der Waals surface area contributed by atoms with Gasteiger partial charge in [-0.15, -0.1) is 0 Å². The molecule has 172 valence electrons. The number of aliphatic imine (C=N–C) groups is 1. The Morgan fingerprint density at radius 1 is 0.938 bits per heavy atom. The number of aryl methyl sites for hydroxylation is 1. The highest BCUT2D eigenvalue weighted by Gasteiger charge is 2.23. The Morgan fingerprint density at radius 3 is 2.28 bits per heavy atom. The van der Waals surface area contributed by atoms with Crippen LogP contribution in [0.4, 0.5) is 11.4 Å². The first-order valence-corrected chi connectivity index (χ1v) is 12.9. The molecule has 0 unspecified atom stereocenters. The number of rotatable bonds is 6. The maximum atomic E-state index is 12.8. The van der Waals surface area contributed by atoms with Crippen molar-refractivity contribution in [1.29, 1.82) is 0 Å². The van der Waals surface area contributed by atoms with Crippen LogP contribution in [0.15, 0.2) is 51.2 Å². The van der Waals surface area contributed by atoms with E-state index >= 15 is 0 Å². The molecule has 0 amide bonds. The predicted octanol–water partition coefficient (Wildman–Crippen LogP) is 3.26. The summed E-state index contributed by atoms with van der Waals surface area (Å²) in [6.45, 7) is 3.73. The number of amidine groups is 1. The third-order valence-electron chi connectivity index (χ3n) is 5.15. The van der Waals surface area contributed by atoms with Gasteiger partial charge in [0.2, 0.25) is 0 Å². The Hall–Kier alpha value is -2.99. The van der Waals surface area contributed by atoms with Crippen molar-refractivity contribution in [3.8, 4) is 0 Å². The molecule has 10 nitrogen and oxygen atoms in total. The van der Waals surface area contributed by atoms with Crippen molar-refractivity contribution >= 4 is 37.3 Å². The zero-order chi connectivity index (χ0) is 23.5. The molecule has 0 saturated carbocycles. The van der Waals surface area contributed by atoms with Crippen molar-refractivity contribution in [1.82, 2.24) is 4.72 Å². The van der Waals surface area contributed by atoms with Crippen molar-refractivity contribution in [3.63, 3.8) is 0 Å². The van der Waals surface area contributed by atoms with Gasteiger partial charge in [0, 0.05) is 30.8 Å². The van der Waals surface area contributed by atoms with E-state index in [4.69, 9.17) is 0 Å². The van der Waals surface area contributed by atoms with Gasteiger partial charge >= 0.3 is 0 Å². The van der Waals surface area contributed by atoms with Gasteiger partial charge in [0.15, 0.2) is 0 Å². The van der Waals surface area contributed by atoms with Crippen LogP contribution in [-0.2, 0) is 20.0 Å². The molecule has 0 aliphatic carbocycles. The maximum Gasteiger partial charge on any atom is 0.271 e. The van der Waals surface area contributed by atoms with Crippen LogP contribution >= 0.6 is 0 Å². The molecule has 0 fully saturated rings. The SMILES string of the molecule is Cc1cc([N+](=O)[O-])cc(S(=O)(=O)Nc2ccc(S(=O)(=O)NC3=NCCCCC3)cc2)c1C. The Bertz CT molecular complexity index is 1270. The summed E-state index contributed by atoms with van der Waals surface area (Å²) < 4.78 is 55.8. The number of anilines is 1. The molecule has 1 aliphatic rings. The number of nitro groups is 1. The van der Waals surface area contributed by atoms with E-state index in [-0.39, 0.29) is 21.2 Å². The second kappa shape index (κ2) is 9.25. The first kappa shape index (κ1) is 23.7. The van der Waals surface area contributed by atoms with E-state index < -0.39 is 25.0 Å². The smallest absolute Gasteiger partial charge is 0.271 e. The fourth-order valence-electron chi connectivity index (χ4n) is 3.28. The van der Waals surface area contributed by atoms with Crippen LogP contribution in [0.25, 0.3) is 0 Å². The van der Waals surface area contributed by atoms with Crippen molar-refractivity contribution in [3.05, 3.63) is 57.6 Å². The molecule has 0 bridgehead atoms. The molecule has 2 aromatic carbocycles. The van der Waals surface area contributed by atoms with Gasteiger partial charge in [-0.2, -0.15) is 0 Å². The van der Waals surface area contributed by atoms with E-state index in [1.807, 2.05) is 0 Å². The van der Waals surface area contributed by atoms with Crippen molar-refractivity contribution in [2.24, 2.45) is 4.99 Å². The molecule has 1 heterocycles. The minimum absolute atomic E-state index is 0.0326. The summed E-state index contributed by atoms with van der Waals surface area (Å²) in [7, 11) is -7.99. The largest absolute Gasteiger partial charge is 0.280 e. The van der Waals surface area contributed by atoms with Gasteiger partial charge < -0.3 is 0 Å². The monoisotopic (exact) mass is 480 g/mol. The number of nitrogens with zero attached hydrogens (tertiary/aromatic N) is 2. The molecule has 3 rings (SSSR count). The van der Waals surface area contributed by atoms with E-state index in [1.54, 1.807) is 13.8 Å².